The molecule has 3 nitrogen and oxygen atoms in total. The normalized spacial score (nSPS) is 18.6. The van der Waals surface area contributed by atoms with Crippen molar-refractivity contribution in [2.45, 2.75) is 6.42 Å². The Bertz CT molecular complexity index is 350. The first-order chi connectivity index (χ1) is 7.68. The number of halogens is 2. The van der Waals surface area contributed by atoms with Gasteiger partial charge in [-0.05, 0) is 26.1 Å². The number of rotatable bonds is 1. The molecule has 0 saturated carbocycles. The van der Waals surface area contributed by atoms with Crippen LogP contribution in [0.5, 0.6) is 0 Å². The smallest absolute Gasteiger partial charge is 0.153 e. The summed E-state index contributed by atoms with van der Waals surface area (Å²) < 4.78 is 0. The van der Waals surface area contributed by atoms with Gasteiger partial charge >= 0.3 is 0 Å². The van der Waals surface area contributed by atoms with Gasteiger partial charge < -0.3 is 9.80 Å². The number of likely N-dealkylation sites (N-methyl/N-ethyl adjacent to an activating group) is 1. The van der Waals surface area contributed by atoms with Crippen LogP contribution in [0.15, 0.2) is 12.3 Å². The van der Waals surface area contributed by atoms with E-state index in [1.54, 1.807) is 12.3 Å². The molecule has 88 valence electrons. The van der Waals surface area contributed by atoms with Crippen molar-refractivity contribution in [2.24, 2.45) is 0 Å². The van der Waals surface area contributed by atoms with E-state index in [9.17, 15) is 0 Å². The Morgan fingerprint density at radius 3 is 2.75 bits per heavy atom. The molecule has 1 aromatic rings. The predicted molar refractivity (Wildman–Crippen MR) is 68.6 cm³/mol. The second kappa shape index (κ2) is 5.21. The van der Waals surface area contributed by atoms with Crippen molar-refractivity contribution >= 4 is 28.9 Å². The van der Waals surface area contributed by atoms with Crippen molar-refractivity contribution in [3.05, 3.63) is 22.4 Å². The summed E-state index contributed by atoms with van der Waals surface area (Å²) in [6, 6.07) is 1.79. The van der Waals surface area contributed by atoms with E-state index in [0.29, 0.717) is 10.2 Å². The fourth-order valence-electron chi connectivity index (χ4n) is 1.96. The van der Waals surface area contributed by atoms with E-state index in [-0.39, 0.29) is 0 Å². The van der Waals surface area contributed by atoms with Gasteiger partial charge in [-0.25, -0.2) is 4.98 Å². The molecule has 0 spiro atoms. The molecule has 1 fully saturated rings. The van der Waals surface area contributed by atoms with Gasteiger partial charge in [-0.3, -0.25) is 0 Å². The molecule has 2 heterocycles. The fraction of sp³-hybridized carbons (Fsp3) is 0.545. The number of nitrogens with zero attached hydrogens (tertiary/aromatic N) is 3. The molecule has 1 aromatic heterocycles. The van der Waals surface area contributed by atoms with Crippen LogP contribution in [0.25, 0.3) is 0 Å². The first-order valence-corrected chi connectivity index (χ1v) is 6.17. The first-order valence-electron chi connectivity index (χ1n) is 5.42. The van der Waals surface area contributed by atoms with Crippen LogP contribution in [0.1, 0.15) is 6.42 Å². The highest BCUT2D eigenvalue weighted by Crippen LogP contribution is 2.32. The third kappa shape index (κ3) is 2.59. The van der Waals surface area contributed by atoms with Crippen molar-refractivity contribution in [2.75, 3.05) is 38.1 Å². The highest BCUT2D eigenvalue weighted by Gasteiger charge is 2.17. The van der Waals surface area contributed by atoms with Crippen molar-refractivity contribution in [3.8, 4) is 0 Å². The SMILES string of the molecule is CN1CCCN(c2c(Cl)ccnc2Cl)CC1. The maximum Gasteiger partial charge on any atom is 0.153 e. The maximum atomic E-state index is 6.17. The highest BCUT2D eigenvalue weighted by molar-refractivity contribution is 6.38. The topological polar surface area (TPSA) is 19.4 Å². The van der Waals surface area contributed by atoms with Gasteiger partial charge in [-0.2, -0.15) is 0 Å². The van der Waals surface area contributed by atoms with Gasteiger partial charge in [0.25, 0.3) is 0 Å². The average Bonchev–Trinajstić information content (AvgIpc) is 2.44. The molecule has 2 rings (SSSR count). The molecular weight excluding hydrogens is 245 g/mol. The lowest BCUT2D eigenvalue weighted by molar-refractivity contribution is 0.360. The molecule has 0 amide bonds. The van der Waals surface area contributed by atoms with Crippen LogP contribution in [0.2, 0.25) is 10.2 Å². The summed E-state index contributed by atoms with van der Waals surface area (Å²) in [7, 11) is 2.13. The summed E-state index contributed by atoms with van der Waals surface area (Å²) in [6.07, 6.45) is 2.76. The number of hydrogen-bond acceptors (Lipinski definition) is 3. The van der Waals surface area contributed by atoms with E-state index in [1.807, 2.05) is 0 Å². The number of anilines is 1. The third-order valence-electron chi connectivity index (χ3n) is 2.87. The Balaban J connectivity index is 2.23. The quantitative estimate of drug-likeness (QED) is 0.723. The summed E-state index contributed by atoms with van der Waals surface area (Å²) in [6.45, 7) is 4.07. The van der Waals surface area contributed by atoms with E-state index in [0.717, 1.165) is 38.3 Å². The predicted octanol–water partition coefficient (Wildman–Crippen LogP) is 2.53. The minimum Gasteiger partial charge on any atom is -0.367 e. The van der Waals surface area contributed by atoms with Crippen molar-refractivity contribution in [1.29, 1.82) is 0 Å². The molecule has 0 aromatic carbocycles. The van der Waals surface area contributed by atoms with Crippen molar-refractivity contribution < 1.29 is 0 Å². The number of hydrogen-bond donors (Lipinski definition) is 0. The highest BCUT2D eigenvalue weighted by atomic mass is 35.5. The lowest BCUT2D eigenvalue weighted by atomic mass is 10.3. The van der Waals surface area contributed by atoms with Crippen LogP contribution in [0.3, 0.4) is 0 Å². The molecule has 0 N–H and O–H groups in total. The molecule has 1 aliphatic rings. The van der Waals surface area contributed by atoms with Crippen molar-refractivity contribution in [3.63, 3.8) is 0 Å². The Kier molecular flexibility index (Phi) is 3.90. The maximum absolute atomic E-state index is 6.17. The van der Waals surface area contributed by atoms with E-state index >= 15 is 0 Å². The van der Waals surface area contributed by atoms with Gasteiger partial charge in [-0.15, -0.1) is 0 Å². The first kappa shape index (κ1) is 12.0. The summed E-state index contributed by atoms with van der Waals surface area (Å²) in [5.74, 6) is 0. The lowest BCUT2D eigenvalue weighted by Gasteiger charge is -2.24. The molecule has 0 atom stereocenters. The zero-order valence-corrected chi connectivity index (χ0v) is 10.8. The van der Waals surface area contributed by atoms with Gasteiger partial charge in [0.1, 0.15) is 0 Å². The monoisotopic (exact) mass is 259 g/mol. The molecule has 16 heavy (non-hydrogen) atoms. The molecular formula is C11H15Cl2N3. The second-order valence-electron chi connectivity index (χ2n) is 4.08. The van der Waals surface area contributed by atoms with Crippen molar-refractivity contribution in [1.82, 2.24) is 9.88 Å². The summed E-state index contributed by atoms with van der Waals surface area (Å²) >= 11 is 12.3. The lowest BCUT2D eigenvalue weighted by Crippen LogP contribution is -2.29. The molecule has 1 aliphatic heterocycles. The number of pyridine rings is 1. The Morgan fingerprint density at radius 1 is 1.19 bits per heavy atom. The van der Waals surface area contributed by atoms with Gasteiger partial charge in [0.15, 0.2) is 5.15 Å². The fourth-order valence-corrected chi connectivity index (χ4v) is 2.55. The minimum absolute atomic E-state index is 0.497. The molecule has 0 radical (unpaired) electrons. The zero-order chi connectivity index (χ0) is 11.5. The summed E-state index contributed by atoms with van der Waals surface area (Å²) in [5, 5.41) is 1.18. The van der Waals surface area contributed by atoms with Gasteiger partial charge in [0.2, 0.25) is 0 Å². The third-order valence-corrected chi connectivity index (χ3v) is 3.45. The average molecular weight is 260 g/mol. The minimum atomic E-state index is 0.497. The van der Waals surface area contributed by atoms with Crippen LogP contribution >= 0.6 is 23.2 Å². The standard InChI is InChI=1S/C11H15Cl2N3/c1-15-5-2-6-16(8-7-15)10-9(12)3-4-14-11(10)13/h3-4H,2,5-8H2,1H3. The summed E-state index contributed by atoms with van der Waals surface area (Å²) in [4.78, 5) is 8.63. The van der Waals surface area contributed by atoms with Crippen LogP contribution in [0, 0.1) is 0 Å². The second-order valence-corrected chi connectivity index (χ2v) is 4.84. The van der Waals surface area contributed by atoms with Crippen LogP contribution < -0.4 is 4.90 Å². The van der Waals surface area contributed by atoms with E-state index in [1.165, 1.54) is 0 Å². The summed E-state index contributed by atoms with van der Waals surface area (Å²) in [5.41, 5.74) is 0.876. The number of aromatic nitrogens is 1. The molecule has 0 unspecified atom stereocenters. The van der Waals surface area contributed by atoms with Crippen LogP contribution in [-0.4, -0.2) is 43.1 Å². The Morgan fingerprint density at radius 2 is 2.00 bits per heavy atom. The largest absolute Gasteiger partial charge is 0.367 e. The van der Waals surface area contributed by atoms with Gasteiger partial charge in [0, 0.05) is 25.8 Å². The van der Waals surface area contributed by atoms with E-state index < -0.39 is 0 Å². The molecule has 0 bridgehead atoms. The van der Waals surface area contributed by atoms with Gasteiger partial charge in [-0.1, -0.05) is 23.2 Å². The van der Waals surface area contributed by atoms with Crippen LogP contribution in [-0.2, 0) is 0 Å². The zero-order valence-electron chi connectivity index (χ0n) is 9.29. The Labute approximate surface area is 106 Å². The Hall–Kier alpha value is -0.510. The van der Waals surface area contributed by atoms with Crippen LogP contribution in [0.4, 0.5) is 5.69 Å². The molecule has 0 aliphatic carbocycles. The van der Waals surface area contributed by atoms with E-state index in [2.05, 4.69) is 21.8 Å². The van der Waals surface area contributed by atoms with E-state index in [4.69, 9.17) is 23.2 Å². The molecule has 5 heteroatoms. The van der Waals surface area contributed by atoms with Gasteiger partial charge in [0.05, 0.1) is 10.7 Å². The molecule has 1 saturated heterocycles.